The average Bonchev–Trinajstić information content (AvgIpc) is 2.84. The van der Waals surface area contributed by atoms with E-state index in [4.69, 9.17) is 4.74 Å². The van der Waals surface area contributed by atoms with Crippen molar-refractivity contribution < 1.29 is 9.53 Å². The SMILES string of the molecule is CCCCNC(=O)NC[C@@H]1CO1. The van der Waals surface area contributed by atoms with Crippen LogP contribution in [-0.4, -0.2) is 31.8 Å². The highest BCUT2D eigenvalue weighted by Crippen LogP contribution is 2.05. The van der Waals surface area contributed by atoms with Gasteiger partial charge >= 0.3 is 6.03 Å². The molecular formula is C8H16N2O2. The van der Waals surface area contributed by atoms with Gasteiger partial charge in [0.05, 0.1) is 12.7 Å². The molecule has 1 aliphatic heterocycles. The Kier molecular flexibility index (Phi) is 3.87. The molecule has 0 aromatic carbocycles. The maximum absolute atomic E-state index is 11.0. The minimum atomic E-state index is -0.0843. The molecule has 0 saturated carbocycles. The fourth-order valence-corrected chi connectivity index (χ4v) is 0.834. The molecule has 1 fully saturated rings. The van der Waals surface area contributed by atoms with Crippen LogP contribution < -0.4 is 10.6 Å². The lowest BCUT2D eigenvalue weighted by molar-refractivity contribution is 0.239. The lowest BCUT2D eigenvalue weighted by atomic mass is 10.3. The van der Waals surface area contributed by atoms with Crippen molar-refractivity contribution in [2.24, 2.45) is 0 Å². The van der Waals surface area contributed by atoms with Gasteiger partial charge in [0.15, 0.2) is 0 Å². The molecule has 1 heterocycles. The molecular weight excluding hydrogens is 156 g/mol. The number of epoxide rings is 1. The predicted molar refractivity (Wildman–Crippen MR) is 46.0 cm³/mol. The van der Waals surface area contributed by atoms with Crippen LogP contribution in [0.4, 0.5) is 4.79 Å². The van der Waals surface area contributed by atoms with Gasteiger partial charge in [-0.2, -0.15) is 0 Å². The third-order valence-electron chi connectivity index (χ3n) is 1.71. The average molecular weight is 172 g/mol. The summed E-state index contributed by atoms with van der Waals surface area (Å²) in [5, 5.41) is 5.49. The molecule has 0 aliphatic carbocycles. The maximum Gasteiger partial charge on any atom is 0.314 e. The van der Waals surface area contributed by atoms with Crippen molar-refractivity contribution in [2.75, 3.05) is 19.7 Å². The third-order valence-corrected chi connectivity index (χ3v) is 1.71. The fourth-order valence-electron chi connectivity index (χ4n) is 0.834. The quantitative estimate of drug-likeness (QED) is 0.468. The molecule has 1 saturated heterocycles. The van der Waals surface area contributed by atoms with Gasteiger partial charge in [-0.05, 0) is 6.42 Å². The van der Waals surface area contributed by atoms with Crippen molar-refractivity contribution in [3.05, 3.63) is 0 Å². The van der Waals surface area contributed by atoms with Crippen LogP contribution in [-0.2, 0) is 4.74 Å². The summed E-state index contributed by atoms with van der Waals surface area (Å²) in [7, 11) is 0. The second-order valence-electron chi connectivity index (χ2n) is 2.95. The van der Waals surface area contributed by atoms with Crippen molar-refractivity contribution in [3.8, 4) is 0 Å². The fraction of sp³-hybridized carbons (Fsp3) is 0.875. The molecule has 0 spiro atoms. The van der Waals surface area contributed by atoms with Crippen LogP contribution in [0, 0.1) is 0 Å². The predicted octanol–water partition coefficient (Wildman–Crippen LogP) is 0.484. The van der Waals surface area contributed by atoms with Crippen molar-refractivity contribution in [3.63, 3.8) is 0 Å². The second kappa shape index (κ2) is 4.98. The summed E-state index contributed by atoms with van der Waals surface area (Å²) in [6.45, 7) is 4.28. The molecule has 1 rings (SSSR count). The van der Waals surface area contributed by atoms with E-state index >= 15 is 0 Å². The molecule has 4 heteroatoms. The van der Waals surface area contributed by atoms with Gasteiger partial charge < -0.3 is 15.4 Å². The first kappa shape index (κ1) is 9.32. The van der Waals surface area contributed by atoms with Crippen LogP contribution >= 0.6 is 0 Å². The molecule has 0 bridgehead atoms. The Morgan fingerprint density at radius 1 is 1.58 bits per heavy atom. The van der Waals surface area contributed by atoms with Crippen LogP contribution in [0.1, 0.15) is 19.8 Å². The standard InChI is InChI=1S/C8H16N2O2/c1-2-3-4-9-8(11)10-5-7-6-12-7/h7H,2-6H2,1H3,(H2,9,10,11)/t7-/m1/s1. The van der Waals surface area contributed by atoms with Crippen LogP contribution in [0.15, 0.2) is 0 Å². The number of hydrogen-bond acceptors (Lipinski definition) is 2. The Morgan fingerprint density at radius 3 is 2.92 bits per heavy atom. The number of ether oxygens (including phenoxy) is 1. The summed E-state index contributed by atoms with van der Waals surface area (Å²) in [5.74, 6) is 0. The molecule has 0 aromatic heterocycles. The van der Waals surface area contributed by atoms with E-state index in [2.05, 4.69) is 17.6 Å². The largest absolute Gasteiger partial charge is 0.371 e. The molecule has 0 aromatic rings. The lowest BCUT2D eigenvalue weighted by Crippen LogP contribution is -2.37. The number of carbonyl (C=O) groups excluding carboxylic acids is 1. The molecule has 2 N–H and O–H groups in total. The van der Waals surface area contributed by atoms with Crippen molar-refractivity contribution >= 4 is 6.03 Å². The molecule has 0 radical (unpaired) electrons. The van der Waals surface area contributed by atoms with Gasteiger partial charge in [0, 0.05) is 13.1 Å². The number of rotatable bonds is 5. The maximum atomic E-state index is 11.0. The minimum Gasteiger partial charge on any atom is -0.371 e. The molecule has 0 unspecified atom stereocenters. The number of amides is 2. The molecule has 1 aliphatic rings. The molecule has 70 valence electrons. The van der Waals surface area contributed by atoms with Crippen LogP contribution in [0.25, 0.3) is 0 Å². The Bertz CT molecular complexity index is 146. The smallest absolute Gasteiger partial charge is 0.314 e. The Morgan fingerprint density at radius 2 is 2.33 bits per heavy atom. The Hall–Kier alpha value is -0.770. The number of unbranched alkanes of at least 4 members (excludes halogenated alkanes) is 1. The molecule has 1 atom stereocenters. The lowest BCUT2D eigenvalue weighted by Gasteiger charge is -2.04. The van der Waals surface area contributed by atoms with Crippen LogP contribution in [0.5, 0.6) is 0 Å². The van der Waals surface area contributed by atoms with E-state index in [0.717, 1.165) is 26.0 Å². The highest BCUT2D eigenvalue weighted by molar-refractivity contribution is 5.73. The van der Waals surface area contributed by atoms with E-state index in [1.165, 1.54) is 0 Å². The van der Waals surface area contributed by atoms with Gasteiger partial charge in [-0.3, -0.25) is 0 Å². The Balaban J connectivity index is 1.88. The third kappa shape index (κ3) is 4.18. The van der Waals surface area contributed by atoms with E-state index in [0.29, 0.717) is 6.54 Å². The summed E-state index contributed by atoms with van der Waals surface area (Å²) in [5.41, 5.74) is 0. The van der Waals surface area contributed by atoms with Crippen LogP contribution in [0.3, 0.4) is 0 Å². The van der Waals surface area contributed by atoms with E-state index in [9.17, 15) is 4.79 Å². The molecule has 2 amide bonds. The molecule has 4 nitrogen and oxygen atoms in total. The van der Waals surface area contributed by atoms with E-state index < -0.39 is 0 Å². The number of hydrogen-bond donors (Lipinski definition) is 2. The first-order chi connectivity index (χ1) is 5.83. The van der Waals surface area contributed by atoms with Gasteiger partial charge in [0.25, 0.3) is 0 Å². The summed E-state index contributed by atoms with van der Waals surface area (Å²) in [6, 6.07) is -0.0843. The zero-order valence-electron chi connectivity index (χ0n) is 7.43. The van der Waals surface area contributed by atoms with E-state index in [1.54, 1.807) is 0 Å². The topological polar surface area (TPSA) is 53.7 Å². The highest BCUT2D eigenvalue weighted by atomic mass is 16.6. The van der Waals surface area contributed by atoms with Crippen LogP contribution in [0.2, 0.25) is 0 Å². The monoisotopic (exact) mass is 172 g/mol. The summed E-state index contributed by atoms with van der Waals surface area (Å²) < 4.78 is 4.94. The van der Waals surface area contributed by atoms with Gasteiger partial charge in [-0.1, -0.05) is 13.3 Å². The second-order valence-corrected chi connectivity index (χ2v) is 2.95. The number of nitrogens with one attached hydrogen (secondary N) is 2. The zero-order valence-corrected chi connectivity index (χ0v) is 7.43. The first-order valence-corrected chi connectivity index (χ1v) is 4.46. The minimum absolute atomic E-state index is 0.0843. The van der Waals surface area contributed by atoms with E-state index in [-0.39, 0.29) is 12.1 Å². The van der Waals surface area contributed by atoms with Gasteiger partial charge in [-0.25, -0.2) is 4.79 Å². The number of urea groups is 1. The number of carbonyl (C=O) groups is 1. The summed E-state index contributed by atoms with van der Waals surface area (Å²) >= 11 is 0. The van der Waals surface area contributed by atoms with Crippen molar-refractivity contribution in [2.45, 2.75) is 25.9 Å². The van der Waals surface area contributed by atoms with Crippen molar-refractivity contribution in [1.82, 2.24) is 10.6 Å². The first-order valence-electron chi connectivity index (χ1n) is 4.46. The Labute approximate surface area is 72.7 Å². The van der Waals surface area contributed by atoms with Gasteiger partial charge in [0.1, 0.15) is 0 Å². The normalized spacial score (nSPS) is 20.2. The van der Waals surface area contributed by atoms with Crippen molar-refractivity contribution in [1.29, 1.82) is 0 Å². The summed E-state index contributed by atoms with van der Waals surface area (Å²) in [4.78, 5) is 11.0. The molecule has 12 heavy (non-hydrogen) atoms. The summed E-state index contributed by atoms with van der Waals surface area (Å²) in [6.07, 6.45) is 2.40. The highest BCUT2D eigenvalue weighted by Gasteiger charge is 2.22. The zero-order chi connectivity index (χ0) is 8.81. The van der Waals surface area contributed by atoms with E-state index in [1.807, 2.05) is 0 Å². The van der Waals surface area contributed by atoms with Gasteiger partial charge in [-0.15, -0.1) is 0 Å². The van der Waals surface area contributed by atoms with Gasteiger partial charge in [0.2, 0.25) is 0 Å².